The lowest BCUT2D eigenvalue weighted by Gasteiger charge is -2.51. The molecule has 1 aliphatic carbocycles. The van der Waals surface area contributed by atoms with Crippen LogP contribution in [-0.4, -0.2) is 24.8 Å². The highest BCUT2D eigenvalue weighted by Crippen LogP contribution is 2.48. The SMILES string of the molecule is CCCNC1CCOC2(CC(C)CC(C)(C)C2)C1. The van der Waals surface area contributed by atoms with Crippen LogP contribution in [0.1, 0.15) is 66.2 Å². The van der Waals surface area contributed by atoms with E-state index in [0.717, 1.165) is 19.1 Å². The first kappa shape index (κ1) is 14.3. The Hall–Kier alpha value is -0.0800. The number of ether oxygens (including phenoxy) is 1. The topological polar surface area (TPSA) is 21.3 Å². The summed E-state index contributed by atoms with van der Waals surface area (Å²) in [7, 11) is 0. The molecule has 0 aromatic rings. The van der Waals surface area contributed by atoms with Crippen LogP contribution in [-0.2, 0) is 4.74 Å². The highest BCUT2D eigenvalue weighted by Gasteiger charge is 2.46. The van der Waals surface area contributed by atoms with Gasteiger partial charge in [0.1, 0.15) is 0 Å². The third kappa shape index (κ3) is 3.48. The number of rotatable bonds is 3. The van der Waals surface area contributed by atoms with E-state index in [-0.39, 0.29) is 5.60 Å². The third-order valence-electron chi connectivity index (χ3n) is 4.60. The minimum atomic E-state index is 0.171. The number of nitrogens with one attached hydrogen (secondary N) is 1. The smallest absolute Gasteiger partial charge is 0.0705 e. The highest BCUT2D eigenvalue weighted by molar-refractivity contribution is 4.98. The van der Waals surface area contributed by atoms with Gasteiger partial charge >= 0.3 is 0 Å². The molecule has 3 unspecified atom stereocenters. The molecule has 1 saturated heterocycles. The van der Waals surface area contributed by atoms with Crippen LogP contribution in [0.3, 0.4) is 0 Å². The van der Waals surface area contributed by atoms with Crippen LogP contribution in [0.2, 0.25) is 0 Å². The standard InChI is InChI=1S/C16H31NO/c1-5-7-17-14-6-8-18-16(11-14)10-13(2)9-15(3,4)12-16/h13-14,17H,5-12H2,1-4H3. The molecule has 18 heavy (non-hydrogen) atoms. The Morgan fingerprint density at radius 3 is 2.67 bits per heavy atom. The molecule has 2 nitrogen and oxygen atoms in total. The van der Waals surface area contributed by atoms with Crippen LogP contribution in [0.25, 0.3) is 0 Å². The van der Waals surface area contributed by atoms with E-state index in [9.17, 15) is 0 Å². The van der Waals surface area contributed by atoms with Crippen molar-refractivity contribution >= 4 is 0 Å². The molecule has 1 N–H and O–H groups in total. The minimum Gasteiger partial charge on any atom is -0.375 e. The predicted octanol–water partition coefficient (Wildman–Crippen LogP) is 3.75. The van der Waals surface area contributed by atoms with Crippen LogP contribution in [0, 0.1) is 11.3 Å². The molecular weight excluding hydrogens is 222 g/mol. The van der Waals surface area contributed by atoms with E-state index in [0.29, 0.717) is 11.5 Å². The largest absolute Gasteiger partial charge is 0.375 e. The zero-order valence-electron chi connectivity index (χ0n) is 12.7. The van der Waals surface area contributed by atoms with E-state index in [1.54, 1.807) is 0 Å². The maximum absolute atomic E-state index is 6.28. The van der Waals surface area contributed by atoms with Crippen molar-refractivity contribution in [3.05, 3.63) is 0 Å². The Morgan fingerprint density at radius 1 is 1.22 bits per heavy atom. The van der Waals surface area contributed by atoms with Crippen LogP contribution in [0.5, 0.6) is 0 Å². The lowest BCUT2D eigenvalue weighted by Crippen LogP contribution is -2.52. The molecule has 0 aromatic heterocycles. The lowest BCUT2D eigenvalue weighted by molar-refractivity contribution is -0.142. The van der Waals surface area contributed by atoms with Crippen molar-refractivity contribution in [1.82, 2.24) is 5.32 Å². The fourth-order valence-electron chi connectivity index (χ4n) is 4.48. The molecule has 0 amide bonds. The average molecular weight is 253 g/mol. The monoisotopic (exact) mass is 253 g/mol. The van der Waals surface area contributed by atoms with Gasteiger partial charge in [-0.25, -0.2) is 0 Å². The summed E-state index contributed by atoms with van der Waals surface area (Å²) in [5.41, 5.74) is 0.620. The second-order valence-corrected chi connectivity index (χ2v) is 7.53. The summed E-state index contributed by atoms with van der Waals surface area (Å²) in [4.78, 5) is 0. The van der Waals surface area contributed by atoms with Gasteiger partial charge in [0.2, 0.25) is 0 Å². The van der Waals surface area contributed by atoms with Gasteiger partial charge in [-0.05, 0) is 56.4 Å². The van der Waals surface area contributed by atoms with E-state index in [2.05, 4.69) is 33.0 Å². The maximum Gasteiger partial charge on any atom is 0.0705 e. The fraction of sp³-hybridized carbons (Fsp3) is 1.00. The fourth-order valence-corrected chi connectivity index (χ4v) is 4.48. The van der Waals surface area contributed by atoms with Crippen LogP contribution in [0.15, 0.2) is 0 Å². The van der Waals surface area contributed by atoms with Crippen molar-refractivity contribution < 1.29 is 4.74 Å². The van der Waals surface area contributed by atoms with Gasteiger partial charge in [0.25, 0.3) is 0 Å². The molecule has 0 aromatic carbocycles. The molecule has 2 fully saturated rings. The Labute approximate surface area is 113 Å². The summed E-state index contributed by atoms with van der Waals surface area (Å²) in [6.07, 6.45) is 7.50. The summed E-state index contributed by atoms with van der Waals surface area (Å²) >= 11 is 0. The van der Waals surface area contributed by atoms with Crippen molar-refractivity contribution in [2.45, 2.75) is 77.9 Å². The first-order chi connectivity index (χ1) is 8.45. The van der Waals surface area contributed by atoms with E-state index in [4.69, 9.17) is 4.74 Å². The summed E-state index contributed by atoms with van der Waals surface area (Å²) in [6, 6.07) is 0.680. The summed E-state index contributed by atoms with van der Waals surface area (Å²) in [5, 5.41) is 3.71. The Kier molecular flexibility index (Phi) is 4.38. The zero-order valence-corrected chi connectivity index (χ0v) is 12.7. The van der Waals surface area contributed by atoms with Crippen molar-refractivity contribution in [1.29, 1.82) is 0 Å². The molecule has 1 heterocycles. The second-order valence-electron chi connectivity index (χ2n) is 7.53. The second kappa shape index (κ2) is 5.50. The molecule has 2 aliphatic rings. The summed E-state index contributed by atoms with van der Waals surface area (Å²) in [5.74, 6) is 0.804. The Bertz CT molecular complexity index is 276. The van der Waals surface area contributed by atoms with Gasteiger partial charge in [0, 0.05) is 12.6 Å². The van der Waals surface area contributed by atoms with Gasteiger partial charge in [-0.15, -0.1) is 0 Å². The highest BCUT2D eigenvalue weighted by atomic mass is 16.5. The van der Waals surface area contributed by atoms with Gasteiger partial charge in [0.15, 0.2) is 0 Å². The molecule has 0 bridgehead atoms. The summed E-state index contributed by atoms with van der Waals surface area (Å²) < 4.78 is 6.28. The first-order valence-corrected chi connectivity index (χ1v) is 7.82. The molecule has 3 atom stereocenters. The normalized spacial score (nSPS) is 40.0. The van der Waals surface area contributed by atoms with Gasteiger partial charge < -0.3 is 10.1 Å². The number of hydrogen-bond acceptors (Lipinski definition) is 2. The van der Waals surface area contributed by atoms with Gasteiger partial charge in [0.05, 0.1) is 5.60 Å². The quantitative estimate of drug-likeness (QED) is 0.827. The first-order valence-electron chi connectivity index (χ1n) is 7.82. The van der Waals surface area contributed by atoms with E-state index in [1.807, 2.05) is 0 Å². The number of hydrogen-bond donors (Lipinski definition) is 1. The van der Waals surface area contributed by atoms with Crippen LogP contribution in [0.4, 0.5) is 0 Å². The molecule has 1 spiro atoms. The van der Waals surface area contributed by atoms with Gasteiger partial charge in [-0.2, -0.15) is 0 Å². The van der Waals surface area contributed by atoms with Crippen LogP contribution >= 0.6 is 0 Å². The third-order valence-corrected chi connectivity index (χ3v) is 4.60. The molecule has 106 valence electrons. The Morgan fingerprint density at radius 2 is 2.00 bits per heavy atom. The van der Waals surface area contributed by atoms with E-state index in [1.165, 1.54) is 38.5 Å². The predicted molar refractivity (Wildman–Crippen MR) is 76.8 cm³/mol. The molecule has 2 heteroatoms. The van der Waals surface area contributed by atoms with E-state index >= 15 is 0 Å². The molecule has 0 radical (unpaired) electrons. The van der Waals surface area contributed by atoms with Crippen LogP contribution < -0.4 is 5.32 Å². The average Bonchev–Trinajstić information content (AvgIpc) is 2.23. The Balaban J connectivity index is 2.00. The molecule has 1 aliphatic heterocycles. The zero-order chi connectivity index (χ0) is 13.2. The van der Waals surface area contributed by atoms with Crippen molar-refractivity contribution in [2.75, 3.05) is 13.2 Å². The van der Waals surface area contributed by atoms with E-state index < -0.39 is 0 Å². The van der Waals surface area contributed by atoms with Crippen molar-refractivity contribution in [3.63, 3.8) is 0 Å². The maximum atomic E-state index is 6.28. The van der Waals surface area contributed by atoms with Gasteiger partial charge in [-0.3, -0.25) is 0 Å². The minimum absolute atomic E-state index is 0.171. The lowest BCUT2D eigenvalue weighted by atomic mass is 9.63. The summed E-state index contributed by atoms with van der Waals surface area (Å²) in [6.45, 7) is 11.6. The van der Waals surface area contributed by atoms with Gasteiger partial charge in [-0.1, -0.05) is 27.7 Å². The molecular formula is C16H31NO. The van der Waals surface area contributed by atoms with Crippen molar-refractivity contribution in [3.8, 4) is 0 Å². The van der Waals surface area contributed by atoms with Crippen molar-refractivity contribution in [2.24, 2.45) is 11.3 Å². The molecule has 1 saturated carbocycles. The molecule has 2 rings (SSSR count).